The largest absolute Gasteiger partial charge is 0.356 e. The fourth-order valence-corrected chi connectivity index (χ4v) is 3.49. The topological polar surface area (TPSA) is 56.7 Å². The lowest BCUT2D eigenvalue weighted by Gasteiger charge is -2.25. The average Bonchev–Trinajstić information content (AvgIpc) is 2.63. The highest BCUT2D eigenvalue weighted by Gasteiger charge is 2.15. The summed E-state index contributed by atoms with van der Waals surface area (Å²) < 4.78 is 1.03. The summed E-state index contributed by atoms with van der Waals surface area (Å²) in [5, 5.41) is 6.72. The minimum atomic E-state index is 0. The molecule has 7 heteroatoms. The average molecular weight is 537 g/mol. The highest BCUT2D eigenvalue weighted by molar-refractivity contribution is 14.0. The smallest absolute Gasteiger partial charge is 0.224 e. The quantitative estimate of drug-likeness (QED) is 0.329. The summed E-state index contributed by atoms with van der Waals surface area (Å²) in [7, 11) is 3.62. The van der Waals surface area contributed by atoms with Gasteiger partial charge in [-0.3, -0.25) is 9.79 Å². The van der Waals surface area contributed by atoms with Crippen molar-refractivity contribution in [1.29, 1.82) is 0 Å². The van der Waals surface area contributed by atoms with Crippen LogP contribution in [-0.4, -0.2) is 43.4 Å². The molecule has 0 spiro atoms. The van der Waals surface area contributed by atoms with Crippen molar-refractivity contribution in [3.05, 3.63) is 34.3 Å². The van der Waals surface area contributed by atoms with Crippen LogP contribution in [0.2, 0.25) is 0 Å². The normalized spacial score (nSPS) is 15.1. The number of benzene rings is 1. The molecule has 1 aromatic rings. The molecule has 1 saturated carbocycles. The van der Waals surface area contributed by atoms with E-state index in [-0.39, 0.29) is 29.9 Å². The van der Waals surface area contributed by atoms with E-state index in [9.17, 15) is 4.79 Å². The Labute approximate surface area is 182 Å². The predicted octanol–water partition coefficient (Wildman–Crippen LogP) is 3.91. The Kier molecular flexibility index (Phi) is 11.2. The Morgan fingerprint density at radius 3 is 2.62 bits per heavy atom. The molecule has 2 rings (SSSR count). The monoisotopic (exact) mass is 536 g/mol. The number of carbonyl (C=O) groups is 1. The number of nitrogens with one attached hydrogen (secondary N) is 2. The van der Waals surface area contributed by atoms with Gasteiger partial charge in [0, 0.05) is 44.1 Å². The molecule has 0 bridgehead atoms. The van der Waals surface area contributed by atoms with Gasteiger partial charge in [0.25, 0.3) is 0 Å². The highest BCUT2D eigenvalue weighted by Crippen LogP contribution is 2.18. The molecular weight excluding hydrogens is 507 g/mol. The third kappa shape index (κ3) is 7.82. The van der Waals surface area contributed by atoms with Gasteiger partial charge in [-0.05, 0) is 24.5 Å². The summed E-state index contributed by atoms with van der Waals surface area (Å²) in [6.07, 6.45) is 6.76. The van der Waals surface area contributed by atoms with Crippen LogP contribution in [0.3, 0.4) is 0 Å². The number of rotatable bonds is 6. The van der Waals surface area contributed by atoms with Gasteiger partial charge in [0.05, 0.1) is 0 Å². The summed E-state index contributed by atoms with van der Waals surface area (Å²) in [6.45, 7) is 1.20. The number of amides is 1. The van der Waals surface area contributed by atoms with Crippen LogP contribution in [0.1, 0.15) is 44.1 Å². The zero-order chi connectivity index (χ0) is 18.1. The zero-order valence-electron chi connectivity index (χ0n) is 15.6. The van der Waals surface area contributed by atoms with Crippen LogP contribution in [0.5, 0.6) is 0 Å². The molecule has 2 N–H and O–H groups in total. The molecule has 1 aliphatic rings. The van der Waals surface area contributed by atoms with E-state index < -0.39 is 0 Å². The van der Waals surface area contributed by atoms with Crippen molar-refractivity contribution >= 4 is 51.8 Å². The molecule has 146 valence electrons. The van der Waals surface area contributed by atoms with E-state index >= 15 is 0 Å². The van der Waals surface area contributed by atoms with Crippen molar-refractivity contribution < 1.29 is 4.79 Å². The SMILES string of the molecule is CN=C(NCCC(=O)N(C)Cc1ccccc1Br)NC1CCCCC1.I. The first-order chi connectivity index (χ1) is 12.1. The third-order valence-electron chi connectivity index (χ3n) is 4.59. The lowest BCUT2D eigenvalue weighted by molar-refractivity contribution is -0.130. The minimum absolute atomic E-state index is 0. The van der Waals surface area contributed by atoms with Crippen molar-refractivity contribution in [2.24, 2.45) is 4.99 Å². The summed E-state index contributed by atoms with van der Waals surface area (Å²) >= 11 is 3.53. The number of hydrogen-bond acceptors (Lipinski definition) is 2. The van der Waals surface area contributed by atoms with Crippen molar-refractivity contribution in [1.82, 2.24) is 15.5 Å². The molecule has 1 aromatic carbocycles. The highest BCUT2D eigenvalue weighted by atomic mass is 127. The molecule has 0 unspecified atom stereocenters. The molecule has 0 heterocycles. The second-order valence-electron chi connectivity index (χ2n) is 6.57. The Hall–Kier alpha value is -0.830. The van der Waals surface area contributed by atoms with E-state index in [2.05, 4.69) is 31.6 Å². The fourth-order valence-electron chi connectivity index (χ4n) is 3.08. The van der Waals surface area contributed by atoms with Gasteiger partial charge in [0.2, 0.25) is 5.91 Å². The van der Waals surface area contributed by atoms with Crippen molar-refractivity contribution in [3.8, 4) is 0 Å². The lowest BCUT2D eigenvalue weighted by atomic mass is 9.96. The molecule has 0 aromatic heterocycles. The van der Waals surface area contributed by atoms with E-state index in [0.29, 0.717) is 25.6 Å². The number of guanidine groups is 1. The van der Waals surface area contributed by atoms with Crippen molar-refractivity contribution in [2.45, 2.75) is 51.1 Å². The molecule has 0 radical (unpaired) electrons. The van der Waals surface area contributed by atoms with Crippen LogP contribution in [0.4, 0.5) is 0 Å². The van der Waals surface area contributed by atoms with Gasteiger partial charge in [-0.25, -0.2) is 0 Å². The third-order valence-corrected chi connectivity index (χ3v) is 5.37. The van der Waals surface area contributed by atoms with Gasteiger partial charge in [-0.2, -0.15) is 0 Å². The Morgan fingerprint density at radius 2 is 1.96 bits per heavy atom. The number of nitrogens with zero attached hydrogens (tertiary/aromatic N) is 2. The molecule has 1 aliphatic carbocycles. The fraction of sp³-hybridized carbons (Fsp3) is 0.579. The van der Waals surface area contributed by atoms with Gasteiger partial charge in [-0.1, -0.05) is 53.4 Å². The number of hydrogen-bond donors (Lipinski definition) is 2. The Bertz CT molecular complexity index is 591. The molecule has 5 nitrogen and oxygen atoms in total. The maximum Gasteiger partial charge on any atom is 0.224 e. The number of halogens is 2. The first kappa shape index (κ1) is 23.2. The maximum absolute atomic E-state index is 12.3. The Balaban J connectivity index is 0.00000338. The standard InChI is InChI=1S/C19H29BrN4O.HI/c1-21-19(23-16-9-4-3-5-10-16)22-13-12-18(25)24(2)14-15-8-6-7-11-17(15)20;/h6-8,11,16H,3-5,9-10,12-14H2,1-2H3,(H2,21,22,23);1H. The van der Waals surface area contributed by atoms with Crippen LogP contribution in [0, 0.1) is 0 Å². The molecule has 1 fully saturated rings. The van der Waals surface area contributed by atoms with Gasteiger partial charge in [-0.15, -0.1) is 24.0 Å². The van der Waals surface area contributed by atoms with Gasteiger partial charge in [0.15, 0.2) is 5.96 Å². The second-order valence-corrected chi connectivity index (χ2v) is 7.42. The van der Waals surface area contributed by atoms with E-state index in [1.54, 1.807) is 11.9 Å². The van der Waals surface area contributed by atoms with Crippen LogP contribution in [0.25, 0.3) is 0 Å². The van der Waals surface area contributed by atoms with E-state index in [4.69, 9.17) is 0 Å². The maximum atomic E-state index is 12.3. The number of carbonyl (C=O) groups excluding carboxylic acids is 1. The summed E-state index contributed by atoms with van der Waals surface area (Å²) in [5.41, 5.74) is 1.11. The first-order valence-electron chi connectivity index (χ1n) is 9.04. The van der Waals surface area contributed by atoms with E-state index in [0.717, 1.165) is 16.0 Å². The van der Waals surface area contributed by atoms with Gasteiger partial charge in [0.1, 0.15) is 0 Å². The van der Waals surface area contributed by atoms with Crippen LogP contribution in [0.15, 0.2) is 33.7 Å². The lowest BCUT2D eigenvalue weighted by Crippen LogP contribution is -2.45. The Morgan fingerprint density at radius 1 is 1.27 bits per heavy atom. The molecule has 0 saturated heterocycles. The predicted molar refractivity (Wildman–Crippen MR) is 122 cm³/mol. The van der Waals surface area contributed by atoms with Crippen molar-refractivity contribution in [2.75, 3.05) is 20.6 Å². The second kappa shape index (κ2) is 12.5. The first-order valence-corrected chi connectivity index (χ1v) is 9.84. The van der Waals surface area contributed by atoms with Crippen LogP contribution >= 0.6 is 39.9 Å². The minimum Gasteiger partial charge on any atom is -0.356 e. The van der Waals surface area contributed by atoms with Crippen molar-refractivity contribution in [3.63, 3.8) is 0 Å². The molecule has 0 aliphatic heterocycles. The zero-order valence-corrected chi connectivity index (χ0v) is 19.5. The summed E-state index contributed by atoms with van der Waals surface area (Å²) in [4.78, 5) is 18.4. The van der Waals surface area contributed by atoms with E-state index in [1.165, 1.54) is 32.1 Å². The molecule has 0 atom stereocenters. The molecular formula is C19H30BrIN4O. The number of aliphatic imine (C=N–C) groups is 1. The molecule has 1 amide bonds. The van der Waals surface area contributed by atoms with Crippen LogP contribution in [-0.2, 0) is 11.3 Å². The van der Waals surface area contributed by atoms with E-state index in [1.807, 2.05) is 31.3 Å². The van der Waals surface area contributed by atoms with Gasteiger partial charge >= 0.3 is 0 Å². The van der Waals surface area contributed by atoms with Gasteiger partial charge < -0.3 is 15.5 Å². The van der Waals surface area contributed by atoms with Crippen LogP contribution < -0.4 is 10.6 Å². The summed E-state index contributed by atoms with van der Waals surface area (Å²) in [6, 6.07) is 8.50. The summed E-state index contributed by atoms with van der Waals surface area (Å²) in [5.74, 6) is 0.921. The molecule has 26 heavy (non-hydrogen) atoms.